The van der Waals surface area contributed by atoms with Crippen LogP contribution in [0.1, 0.15) is 0 Å². The molecule has 208 valence electrons. The molecule has 8 aromatic rings. The number of aromatic nitrogens is 1. The monoisotopic (exact) mass is 562 g/mol. The van der Waals surface area contributed by atoms with E-state index in [4.69, 9.17) is 0 Å². The molecule has 8 rings (SSSR count). The Morgan fingerprint density at radius 2 is 0.818 bits per heavy atom. The zero-order chi connectivity index (χ0) is 29.3. The van der Waals surface area contributed by atoms with E-state index in [1.54, 1.807) is 0 Å². The van der Waals surface area contributed by atoms with Crippen molar-refractivity contribution in [1.82, 2.24) is 4.57 Å². The highest BCUT2D eigenvalue weighted by molar-refractivity contribution is 6.10. The summed E-state index contributed by atoms with van der Waals surface area (Å²) in [5, 5.41) is 2.52. The van der Waals surface area contributed by atoms with Gasteiger partial charge in [0.05, 0.1) is 11.0 Å². The Labute approximate surface area is 257 Å². The second-order valence-corrected chi connectivity index (χ2v) is 11.1. The Kier molecular flexibility index (Phi) is 6.51. The molecule has 0 aliphatic rings. The standard InChI is InChI=1S/C42H30N2/c1-4-17-35(18-5-1)43(36-19-6-2-7-20-36)38-23-13-16-33(29-38)31-14-12-15-32(28-31)34-26-27-42-40(30-34)39-24-10-11-25-41(39)44(42)37-21-8-3-9-22-37/h1-30H. The van der Waals surface area contributed by atoms with Crippen molar-refractivity contribution in [2.75, 3.05) is 4.90 Å². The summed E-state index contributed by atoms with van der Waals surface area (Å²) in [7, 11) is 0. The molecule has 0 atom stereocenters. The fourth-order valence-corrected chi connectivity index (χ4v) is 6.31. The molecule has 1 heterocycles. The van der Waals surface area contributed by atoms with Crippen molar-refractivity contribution < 1.29 is 0 Å². The minimum Gasteiger partial charge on any atom is -0.310 e. The van der Waals surface area contributed by atoms with Gasteiger partial charge in [0.25, 0.3) is 0 Å². The second-order valence-electron chi connectivity index (χ2n) is 11.1. The zero-order valence-electron chi connectivity index (χ0n) is 24.2. The number of hydrogen-bond acceptors (Lipinski definition) is 1. The largest absolute Gasteiger partial charge is 0.310 e. The van der Waals surface area contributed by atoms with Gasteiger partial charge < -0.3 is 9.47 Å². The summed E-state index contributed by atoms with van der Waals surface area (Å²) in [6.45, 7) is 0. The highest BCUT2D eigenvalue weighted by Crippen LogP contribution is 2.38. The SMILES string of the molecule is c1ccc(N(c2ccccc2)c2cccc(-c3cccc(-c4ccc5c(c4)c4ccccc4n5-c4ccccc4)c3)c2)cc1. The van der Waals surface area contributed by atoms with Crippen molar-refractivity contribution in [3.63, 3.8) is 0 Å². The number of benzene rings is 7. The van der Waals surface area contributed by atoms with Crippen LogP contribution in [0.3, 0.4) is 0 Å². The average molecular weight is 563 g/mol. The van der Waals surface area contributed by atoms with Gasteiger partial charge in [-0.05, 0) is 95.1 Å². The Hall–Kier alpha value is -5.86. The molecule has 44 heavy (non-hydrogen) atoms. The predicted molar refractivity (Wildman–Crippen MR) is 186 cm³/mol. The van der Waals surface area contributed by atoms with E-state index in [9.17, 15) is 0 Å². The number of para-hydroxylation sites is 4. The van der Waals surface area contributed by atoms with Crippen LogP contribution in [0, 0.1) is 0 Å². The third-order valence-electron chi connectivity index (χ3n) is 8.35. The van der Waals surface area contributed by atoms with E-state index in [0.29, 0.717) is 0 Å². The van der Waals surface area contributed by atoms with Gasteiger partial charge in [0, 0.05) is 33.5 Å². The van der Waals surface area contributed by atoms with Crippen LogP contribution in [0.15, 0.2) is 182 Å². The van der Waals surface area contributed by atoms with E-state index in [1.165, 1.54) is 49.7 Å². The smallest absolute Gasteiger partial charge is 0.0541 e. The maximum absolute atomic E-state index is 2.36. The number of fused-ring (bicyclic) bond motifs is 3. The molecule has 1 aromatic heterocycles. The molecule has 0 saturated carbocycles. The molecular formula is C42H30N2. The topological polar surface area (TPSA) is 8.17 Å². The van der Waals surface area contributed by atoms with Gasteiger partial charge in [-0.1, -0.05) is 109 Å². The van der Waals surface area contributed by atoms with E-state index in [2.05, 4.69) is 191 Å². The van der Waals surface area contributed by atoms with Gasteiger partial charge in [-0.2, -0.15) is 0 Å². The summed E-state index contributed by atoms with van der Waals surface area (Å²) in [6.07, 6.45) is 0. The molecule has 0 aliphatic heterocycles. The van der Waals surface area contributed by atoms with E-state index in [-0.39, 0.29) is 0 Å². The minimum absolute atomic E-state index is 1.13. The first-order valence-corrected chi connectivity index (χ1v) is 15.0. The third kappa shape index (κ3) is 4.63. The molecule has 0 radical (unpaired) electrons. The zero-order valence-corrected chi connectivity index (χ0v) is 24.2. The van der Waals surface area contributed by atoms with E-state index >= 15 is 0 Å². The van der Waals surface area contributed by atoms with Crippen LogP contribution >= 0.6 is 0 Å². The fraction of sp³-hybridized carbons (Fsp3) is 0. The quantitative estimate of drug-likeness (QED) is 0.196. The van der Waals surface area contributed by atoms with Crippen molar-refractivity contribution in [1.29, 1.82) is 0 Å². The summed E-state index contributed by atoms with van der Waals surface area (Å²) in [5.41, 5.74) is 11.8. The Morgan fingerprint density at radius 3 is 1.50 bits per heavy atom. The summed E-state index contributed by atoms with van der Waals surface area (Å²) in [5.74, 6) is 0. The Bertz CT molecular complexity index is 2170. The number of anilines is 3. The van der Waals surface area contributed by atoms with Crippen molar-refractivity contribution in [2.45, 2.75) is 0 Å². The molecule has 0 unspecified atom stereocenters. The summed E-state index contributed by atoms with van der Waals surface area (Å²) in [4.78, 5) is 2.31. The molecule has 0 aliphatic carbocycles. The van der Waals surface area contributed by atoms with Crippen molar-refractivity contribution in [2.24, 2.45) is 0 Å². The molecule has 0 spiro atoms. The maximum atomic E-state index is 2.36. The van der Waals surface area contributed by atoms with Gasteiger partial charge in [-0.15, -0.1) is 0 Å². The predicted octanol–water partition coefficient (Wildman–Crippen LogP) is 11.6. The first kappa shape index (κ1) is 25.8. The van der Waals surface area contributed by atoms with Gasteiger partial charge >= 0.3 is 0 Å². The molecule has 2 heteroatoms. The van der Waals surface area contributed by atoms with Crippen LogP contribution in [0.2, 0.25) is 0 Å². The van der Waals surface area contributed by atoms with Crippen molar-refractivity contribution in [3.8, 4) is 27.9 Å². The van der Waals surface area contributed by atoms with Crippen LogP contribution in [-0.2, 0) is 0 Å². The lowest BCUT2D eigenvalue weighted by molar-refractivity contribution is 1.18. The van der Waals surface area contributed by atoms with E-state index < -0.39 is 0 Å². The molecule has 0 fully saturated rings. The summed E-state index contributed by atoms with van der Waals surface area (Å²) in [6, 6.07) is 65.0. The minimum atomic E-state index is 1.13. The first-order valence-electron chi connectivity index (χ1n) is 15.0. The van der Waals surface area contributed by atoms with Crippen LogP contribution in [0.4, 0.5) is 17.1 Å². The second kappa shape index (κ2) is 11.1. The van der Waals surface area contributed by atoms with Gasteiger partial charge in [-0.25, -0.2) is 0 Å². The fourth-order valence-electron chi connectivity index (χ4n) is 6.31. The number of nitrogens with zero attached hydrogens (tertiary/aromatic N) is 2. The lowest BCUT2D eigenvalue weighted by Crippen LogP contribution is -2.09. The molecule has 0 N–H and O–H groups in total. The summed E-state index contributed by atoms with van der Waals surface area (Å²) < 4.78 is 2.36. The van der Waals surface area contributed by atoms with Gasteiger partial charge in [0.15, 0.2) is 0 Å². The average Bonchev–Trinajstić information content (AvgIpc) is 3.44. The lowest BCUT2D eigenvalue weighted by Gasteiger charge is -2.26. The molecule has 2 nitrogen and oxygen atoms in total. The van der Waals surface area contributed by atoms with Crippen LogP contribution in [0.5, 0.6) is 0 Å². The van der Waals surface area contributed by atoms with Gasteiger partial charge in [0.2, 0.25) is 0 Å². The third-order valence-corrected chi connectivity index (χ3v) is 8.35. The molecule has 0 saturated heterocycles. The van der Waals surface area contributed by atoms with E-state index in [1.807, 2.05) is 0 Å². The Morgan fingerprint density at radius 1 is 0.318 bits per heavy atom. The van der Waals surface area contributed by atoms with Gasteiger partial charge in [0.1, 0.15) is 0 Å². The van der Waals surface area contributed by atoms with Gasteiger partial charge in [-0.3, -0.25) is 0 Å². The normalized spacial score (nSPS) is 11.2. The molecule has 0 amide bonds. The highest BCUT2D eigenvalue weighted by Gasteiger charge is 2.15. The molecule has 0 bridgehead atoms. The first-order chi connectivity index (χ1) is 21.8. The van der Waals surface area contributed by atoms with Crippen LogP contribution in [0.25, 0.3) is 49.7 Å². The lowest BCUT2D eigenvalue weighted by atomic mass is 9.97. The number of hydrogen-bond donors (Lipinski definition) is 0. The highest BCUT2D eigenvalue weighted by atomic mass is 15.1. The number of rotatable bonds is 6. The van der Waals surface area contributed by atoms with Crippen molar-refractivity contribution >= 4 is 38.9 Å². The van der Waals surface area contributed by atoms with Crippen molar-refractivity contribution in [3.05, 3.63) is 182 Å². The van der Waals surface area contributed by atoms with Crippen LogP contribution in [-0.4, -0.2) is 4.57 Å². The molecule has 7 aromatic carbocycles. The summed E-state index contributed by atoms with van der Waals surface area (Å²) >= 11 is 0. The Balaban J connectivity index is 1.21. The van der Waals surface area contributed by atoms with E-state index in [0.717, 1.165) is 17.1 Å². The maximum Gasteiger partial charge on any atom is 0.0541 e. The molecular weight excluding hydrogens is 532 g/mol. The van der Waals surface area contributed by atoms with Crippen LogP contribution < -0.4 is 4.90 Å².